The minimum Gasteiger partial charge on any atom is -0.506 e. The van der Waals surface area contributed by atoms with Gasteiger partial charge in [-0.1, -0.05) is 23.2 Å². The smallest absolute Gasteiger partial charge is 0.138 e. The molecule has 1 fully saturated rings. The molecule has 0 aromatic heterocycles. The van der Waals surface area contributed by atoms with Gasteiger partial charge in [-0.25, -0.2) is 0 Å². The summed E-state index contributed by atoms with van der Waals surface area (Å²) in [6.45, 7) is 0.503. The standard InChI is InChI=1S/C13H17Cl2NO2/c14-9-4-8(13(18)12(15)5-9)7-16-10-2-1-3-11(17)6-10/h4-5,10-11,16-18H,1-3,6-7H2. The van der Waals surface area contributed by atoms with Gasteiger partial charge in [-0.2, -0.15) is 0 Å². The van der Waals surface area contributed by atoms with Crippen molar-refractivity contribution in [1.29, 1.82) is 0 Å². The molecule has 1 aromatic rings. The van der Waals surface area contributed by atoms with E-state index in [9.17, 15) is 10.2 Å². The van der Waals surface area contributed by atoms with Crippen molar-refractivity contribution in [2.75, 3.05) is 0 Å². The van der Waals surface area contributed by atoms with Crippen LogP contribution in [-0.2, 0) is 6.54 Å². The van der Waals surface area contributed by atoms with Gasteiger partial charge in [-0.3, -0.25) is 0 Å². The van der Waals surface area contributed by atoms with E-state index in [1.54, 1.807) is 6.07 Å². The van der Waals surface area contributed by atoms with E-state index in [-0.39, 0.29) is 22.9 Å². The van der Waals surface area contributed by atoms with Crippen molar-refractivity contribution in [2.45, 2.75) is 44.4 Å². The van der Waals surface area contributed by atoms with Crippen molar-refractivity contribution in [3.05, 3.63) is 27.7 Å². The van der Waals surface area contributed by atoms with Crippen molar-refractivity contribution in [3.63, 3.8) is 0 Å². The molecule has 1 aliphatic carbocycles. The molecule has 2 rings (SSSR count). The van der Waals surface area contributed by atoms with Gasteiger partial charge in [0.2, 0.25) is 0 Å². The Kier molecular flexibility index (Phi) is 4.73. The second-order valence-corrected chi connectivity index (χ2v) is 5.64. The van der Waals surface area contributed by atoms with Crippen molar-refractivity contribution in [3.8, 4) is 5.75 Å². The number of benzene rings is 1. The largest absolute Gasteiger partial charge is 0.506 e. The van der Waals surface area contributed by atoms with Crippen LogP contribution in [-0.4, -0.2) is 22.4 Å². The highest BCUT2D eigenvalue weighted by atomic mass is 35.5. The van der Waals surface area contributed by atoms with E-state index >= 15 is 0 Å². The number of nitrogens with one attached hydrogen (secondary N) is 1. The van der Waals surface area contributed by atoms with Crippen LogP contribution in [0.3, 0.4) is 0 Å². The zero-order valence-electron chi connectivity index (χ0n) is 10.00. The molecular weight excluding hydrogens is 273 g/mol. The van der Waals surface area contributed by atoms with E-state index in [2.05, 4.69) is 5.32 Å². The summed E-state index contributed by atoms with van der Waals surface area (Å²) in [5.41, 5.74) is 0.688. The van der Waals surface area contributed by atoms with E-state index in [1.165, 1.54) is 6.07 Å². The Bertz CT molecular complexity index is 426. The molecule has 0 saturated heterocycles. The van der Waals surface area contributed by atoms with Crippen molar-refractivity contribution >= 4 is 23.2 Å². The van der Waals surface area contributed by atoms with E-state index in [1.807, 2.05) is 0 Å². The van der Waals surface area contributed by atoms with Gasteiger partial charge < -0.3 is 15.5 Å². The Morgan fingerprint density at radius 2 is 2.06 bits per heavy atom. The number of aromatic hydroxyl groups is 1. The lowest BCUT2D eigenvalue weighted by atomic mass is 9.93. The van der Waals surface area contributed by atoms with Crippen LogP contribution in [0.15, 0.2) is 12.1 Å². The zero-order chi connectivity index (χ0) is 13.1. The molecule has 100 valence electrons. The van der Waals surface area contributed by atoms with Crippen molar-refractivity contribution in [2.24, 2.45) is 0 Å². The summed E-state index contributed by atoms with van der Waals surface area (Å²) in [6.07, 6.45) is 3.50. The van der Waals surface area contributed by atoms with Gasteiger partial charge in [-0.05, 0) is 37.8 Å². The molecule has 2 unspecified atom stereocenters. The number of aliphatic hydroxyl groups is 1. The first kappa shape index (κ1) is 13.9. The number of aliphatic hydroxyl groups excluding tert-OH is 1. The Balaban J connectivity index is 1.97. The number of halogens is 2. The normalized spacial score (nSPS) is 24.2. The molecule has 0 heterocycles. The van der Waals surface area contributed by atoms with E-state index in [4.69, 9.17) is 23.2 Å². The predicted molar refractivity (Wildman–Crippen MR) is 73.2 cm³/mol. The summed E-state index contributed by atoms with van der Waals surface area (Å²) in [6, 6.07) is 3.51. The number of phenols is 1. The second-order valence-electron chi connectivity index (χ2n) is 4.79. The van der Waals surface area contributed by atoms with Crippen LogP contribution in [0.25, 0.3) is 0 Å². The lowest BCUT2D eigenvalue weighted by molar-refractivity contribution is 0.111. The van der Waals surface area contributed by atoms with Gasteiger partial charge in [0.1, 0.15) is 5.75 Å². The molecule has 1 saturated carbocycles. The first-order chi connectivity index (χ1) is 8.56. The minimum atomic E-state index is -0.215. The number of hydrogen-bond donors (Lipinski definition) is 3. The van der Waals surface area contributed by atoms with E-state index in [0.717, 1.165) is 25.7 Å². The molecule has 3 nitrogen and oxygen atoms in total. The summed E-state index contributed by atoms with van der Waals surface area (Å²) in [7, 11) is 0. The van der Waals surface area contributed by atoms with Crippen LogP contribution in [0.1, 0.15) is 31.2 Å². The summed E-state index contributed by atoms with van der Waals surface area (Å²) < 4.78 is 0. The van der Waals surface area contributed by atoms with Gasteiger partial charge in [-0.15, -0.1) is 0 Å². The quantitative estimate of drug-likeness (QED) is 0.802. The van der Waals surface area contributed by atoms with Gasteiger partial charge in [0.15, 0.2) is 0 Å². The molecule has 0 amide bonds. The van der Waals surface area contributed by atoms with E-state index in [0.29, 0.717) is 17.1 Å². The number of hydrogen-bond acceptors (Lipinski definition) is 3. The molecule has 0 radical (unpaired) electrons. The van der Waals surface area contributed by atoms with Crippen molar-refractivity contribution < 1.29 is 10.2 Å². The highest BCUT2D eigenvalue weighted by Gasteiger charge is 2.20. The van der Waals surface area contributed by atoms with Gasteiger partial charge in [0.05, 0.1) is 11.1 Å². The van der Waals surface area contributed by atoms with Crippen LogP contribution in [0, 0.1) is 0 Å². The van der Waals surface area contributed by atoms with Crippen LogP contribution in [0.4, 0.5) is 0 Å². The fraction of sp³-hybridized carbons (Fsp3) is 0.538. The molecule has 18 heavy (non-hydrogen) atoms. The third-order valence-electron chi connectivity index (χ3n) is 3.33. The van der Waals surface area contributed by atoms with Crippen LogP contribution < -0.4 is 5.32 Å². The average Bonchev–Trinajstić information content (AvgIpc) is 2.32. The summed E-state index contributed by atoms with van der Waals surface area (Å²) in [4.78, 5) is 0. The highest BCUT2D eigenvalue weighted by molar-refractivity contribution is 6.35. The van der Waals surface area contributed by atoms with Gasteiger partial charge >= 0.3 is 0 Å². The summed E-state index contributed by atoms with van der Waals surface area (Å²) in [5.74, 6) is 0.0740. The summed E-state index contributed by atoms with van der Waals surface area (Å²) >= 11 is 11.8. The van der Waals surface area contributed by atoms with Gasteiger partial charge in [0.25, 0.3) is 0 Å². The fourth-order valence-corrected chi connectivity index (χ4v) is 2.89. The fourth-order valence-electron chi connectivity index (χ4n) is 2.36. The lowest BCUT2D eigenvalue weighted by Gasteiger charge is -2.27. The van der Waals surface area contributed by atoms with Crippen molar-refractivity contribution in [1.82, 2.24) is 5.32 Å². The first-order valence-electron chi connectivity index (χ1n) is 6.14. The average molecular weight is 290 g/mol. The third-order valence-corrected chi connectivity index (χ3v) is 3.84. The summed E-state index contributed by atoms with van der Waals surface area (Å²) in [5, 5.41) is 23.5. The Morgan fingerprint density at radius 1 is 1.28 bits per heavy atom. The molecule has 0 aliphatic heterocycles. The molecule has 1 aliphatic rings. The zero-order valence-corrected chi connectivity index (χ0v) is 11.5. The molecule has 0 bridgehead atoms. The molecule has 2 atom stereocenters. The van der Waals surface area contributed by atoms with Crippen LogP contribution >= 0.6 is 23.2 Å². The number of rotatable bonds is 3. The maximum absolute atomic E-state index is 9.82. The highest BCUT2D eigenvalue weighted by Crippen LogP contribution is 2.31. The van der Waals surface area contributed by atoms with E-state index < -0.39 is 0 Å². The molecule has 5 heteroatoms. The predicted octanol–water partition coefficient (Wildman–Crippen LogP) is 3.09. The molecule has 1 aromatic carbocycles. The molecular formula is C13H17Cl2NO2. The SMILES string of the molecule is Oc1c(Cl)cc(Cl)cc1CNC1CCCC(O)C1. The number of phenolic OH excluding ortho intramolecular Hbond substituents is 1. The maximum Gasteiger partial charge on any atom is 0.138 e. The molecule has 3 N–H and O–H groups in total. The topological polar surface area (TPSA) is 52.5 Å². The Hall–Kier alpha value is -0.480. The third kappa shape index (κ3) is 3.51. The minimum absolute atomic E-state index is 0.0740. The first-order valence-corrected chi connectivity index (χ1v) is 6.90. The lowest BCUT2D eigenvalue weighted by Crippen LogP contribution is -2.35. The Labute approximate surface area is 117 Å². The van der Waals surface area contributed by atoms with Crippen LogP contribution in [0.2, 0.25) is 10.0 Å². The van der Waals surface area contributed by atoms with Gasteiger partial charge in [0, 0.05) is 23.2 Å². The molecule has 0 spiro atoms. The maximum atomic E-state index is 9.82. The Morgan fingerprint density at radius 3 is 2.78 bits per heavy atom. The monoisotopic (exact) mass is 289 g/mol. The second kappa shape index (κ2) is 6.11. The van der Waals surface area contributed by atoms with Crippen LogP contribution in [0.5, 0.6) is 5.75 Å².